The van der Waals surface area contributed by atoms with E-state index in [-0.39, 0.29) is 23.9 Å². The number of rotatable bonds is 4. The first-order valence-electron chi connectivity index (χ1n) is 7.86. The number of carbonyl (C=O) groups is 2. The van der Waals surface area contributed by atoms with Gasteiger partial charge in [0.2, 0.25) is 0 Å². The molecule has 0 aromatic heterocycles. The van der Waals surface area contributed by atoms with Gasteiger partial charge >= 0.3 is 0 Å². The Balaban J connectivity index is 2.15. The maximum Gasteiger partial charge on any atom is 0.150 e. The molecule has 2 bridgehead atoms. The lowest BCUT2D eigenvalue weighted by Gasteiger charge is -2.42. The predicted molar refractivity (Wildman–Crippen MR) is 86.9 cm³/mol. The van der Waals surface area contributed by atoms with Gasteiger partial charge in [0.25, 0.3) is 0 Å². The van der Waals surface area contributed by atoms with Crippen molar-refractivity contribution in [3.8, 4) is 11.5 Å². The lowest BCUT2D eigenvalue weighted by Crippen LogP contribution is -2.45. The van der Waals surface area contributed by atoms with Gasteiger partial charge in [0.1, 0.15) is 17.3 Å². The molecule has 122 valence electrons. The number of ketones is 2. The minimum atomic E-state index is -0.809. The van der Waals surface area contributed by atoms with Crippen molar-refractivity contribution in [3.63, 3.8) is 0 Å². The molecule has 3 rings (SSSR count). The van der Waals surface area contributed by atoms with E-state index in [1.807, 2.05) is 24.3 Å². The molecule has 2 aliphatic rings. The van der Waals surface area contributed by atoms with Gasteiger partial charge in [-0.25, -0.2) is 0 Å². The topological polar surface area (TPSA) is 52.6 Å². The smallest absolute Gasteiger partial charge is 0.150 e. The summed E-state index contributed by atoms with van der Waals surface area (Å²) in [5, 5.41) is 0. The quantitative estimate of drug-likeness (QED) is 0.633. The Hall–Kier alpha value is -2.10. The normalized spacial score (nSPS) is 32.7. The van der Waals surface area contributed by atoms with E-state index in [1.54, 1.807) is 21.1 Å². The van der Waals surface area contributed by atoms with E-state index in [9.17, 15) is 9.59 Å². The zero-order valence-electron chi connectivity index (χ0n) is 13.8. The zero-order valence-corrected chi connectivity index (χ0v) is 13.8. The van der Waals surface area contributed by atoms with E-state index in [0.29, 0.717) is 17.9 Å². The molecule has 0 spiro atoms. The van der Waals surface area contributed by atoms with Crippen LogP contribution in [0.4, 0.5) is 0 Å². The molecule has 0 radical (unpaired) electrons. The number of hydrogen-bond donors (Lipinski definition) is 0. The van der Waals surface area contributed by atoms with Crippen LogP contribution in [0.3, 0.4) is 0 Å². The molecule has 4 nitrogen and oxygen atoms in total. The fraction of sp³-hybridized carbons (Fsp3) is 0.474. The average molecular weight is 314 g/mol. The highest BCUT2D eigenvalue weighted by Crippen LogP contribution is 2.57. The Bertz CT molecular complexity index is 693. The van der Waals surface area contributed by atoms with Crippen molar-refractivity contribution < 1.29 is 19.1 Å². The molecule has 0 heterocycles. The van der Waals surface area contributed by atoms with Crippen molar-refractivity contribution in [2.45, 2.75) is 31.6 Å². The van der Waals surface area contributed by atoms with E-state index in [0.717, 1.165) is 12.0 Å². The van der Waals surface area contributed by atoms with Crippen molar-refractivity contribution in [3.05, 3.63) is 36.4 Å². The summed E-state index contributed by atoms with van der Waals surface area (Å²) in [4.78, 5) is 25.2. The van der Waals surface area contributed by atoms with Gasteiger partial charge in [-0.15, -0.1) is 6.58 Å². The van der Waals surface area contributed by atoms with Crippen molar-refractivity contribution in [2.24, 2.45) is 11.3 Å². The summed E-state index contributed by atoms with van der Waals surface area (Å²) < 4.78 is 10.8. The molecular weight excluding hydrogens is 292 g/mol. The molecule has 23 heavy (non-hydrogen) atoms. The van der Waals surface area contributed by atoms with Crippen LogP contribution in [0, 0.1) is 11.3 Å². The molecule has 4 heteroatoms. The Kier molecular flexibility index (Phi) is 3.58. The molecule has 1 aromatic rings. The number of benzene rings is 1. The molecule has 1 aromatic carbocycles. The highest BCUT2D eigenvalue weighted by molar-refractivity contribution is 6.15. The van der Waals surface area contributed by atoms with Crippen molar-refractivity contribution in [1.82, 2.24) is 0 Å². The van der Waals surface area contributed by atoms with Gasteiger partial charge in [-0.2, -0.15) is 0 Å². The third-order valence-electron chi connectivity index (χ3n) is 5.80. The molecule has 0 amide bonds. The molecule has 2 fully saturated rings. The molecule has 0 aliphatic heterocycles. The highest BCUT2D eigenvalue weighted by atomic mass is 16.5. The van der Waals surface area contributed by atoms with Crippen LogP contribution in [0.15, 0.2) is 30.9 Å². The lowest BCUT2D eigenvalue weighted by molar-refractivity contribution is -0.138. The Morgan fingerprint density at radius 3 is 2.57 bits per heavy atom. The second kappa shape index (κ2) is 5.22. The number of hydrogen-bond acceptors (Lipinski definition) is 4. The van der Waals surface area contributed by atoms with E-state index >= 15 is 0 Å². The third-order valence-corrected chi connectivity index (χ3v) is 5.80. The van der Waals surface area contributed by atoms with Crippen LogP contribution in [-0.2, 0) is 15.0 Å². The van der Waals surface area contributed by atoms with E-state index in [4.69, 9.17) is 9.47 Å². The molecule has 3 atom stereocenters. The summed E-state index contributed by atoms with van der Waals surface area (Å²) in [5.74, 6) is 1.11. The number of fused-ring (bicyclic) bond motifs is 2. The van der Waals surface area contributed by atoms with Gasteiger partial charge in [0, 0.05) is 29.4 Å². The molecular formula is C19H22O4. The van der Waals surface area contributed by atoms with Gasteiger partial charge < -0.3 is 9.47 Å². The molecule has 0 saturated heterocycles. The maximum atomic E-state index is 12.9. The molecule has 0 N–H and O–H groups in total. The Morgan fingerprint density at radius 2 is 1.96 bits per heavy atom. The Labute approximate surface area is 136 Å². The van der Waals surface area contributed by atoms with E-state index in [2.05, 4.69) is 6.58 Å². The summed E-state index contributed by atoms with van der Waals surface area (Å²) in [6.07, 6.45) is 3.40. The summed E-state index contributed by atoms with van der Waals surface area (Å²) in [6.45, 7) is 5.79. The van der Waals surface area contributed by atoms with Gasteiger partial charge in [-0.1, -0.05) is 12.1 Å². The SMILES string of the molecule is C=C[C@@]1(c2ccc(OC)cc2OC)CC[C@]2(C)C(=O)C[C@H]1C2=O. The summed E-state index contributed by atoms with van der Waals surface area (Å²) in [5.41, 5.74) is -0.456. The summed E-state index contributed by atoms with van der Waals surface area (Å²) in [6, 6.07) is 5.60. The highest BCUT2D eigenvalue weighted by Gasteiger charge is 2.62. The third kappa shape index (κ3) is 1.97. The second-order valence-corrected chi connectivity index (χ2v) is 6.69. The van der Waals surface area contributed by atoms with Gasteiger partial charge in [-0.3, -0.25) is 9.59 Å². The van der Waals surface area contributed by atoms with Gasteiger partial charge in [0.15, 0.2) is 5.78 Å². The first kappa shape index (κ1) is 15.8. The van der Waals surface area contributed by atoms with Crippen LogP contribution >= 0.6 is 0 Å². The number of carbonyl (C=O) groups excluding carboxylic acids is 2. The standard InChI is InChI=1S/C19H22O4/c1-5-19(13-7-6-12(22-3)10-15(13)23-4)9-8-18(2)16(20)11-14(19)17(18)21/h5-7,10,14H,1,8-9,11H2,2-4H3/t14-,18+,19-/m0/s1. The van der Waals surface area contributed by atoms with Gasteiger partial charge in [-0.05, 0) is 25.8 Å². The van der Waals surface area contributed by atoms with Crippen LogP contribution < -0.4 is 9.47 Å². The molecule has 0 unspecified atom stereocenters. The number of ether oxygens (including phenoxy) is 2. The first-order chi connectivity index (χ1) is 10.9. The minimum absolute atomic E-state index is 0.0477. The van der Waals surface area contributed by atoms with Crippen molar-refractivity contribution >= 4 is 11.6 Å². The van der Waals surface area contributed by atoms with E-state index in [1.165, 1.54) is 0 Å². The average Bonchev–Trinajstić information content (AvgIpc) is 2.73. The number of Topliss-reactive ketones (excluding diaryl/α,β-unsaturated/α-hetero) is 2. The fourth-order valence-electron chi connectivity index (χ4n) is 4.19. The van der Waals surface area contributed by atoms with Crippen LogP contribution in [0.25, 0.3) is 0 Å². The summed E-state index contributed by atoms with van der Waals surface area (Å²) >= 11 is 0. The minimum Gasteiger partial charge on any atom is -0.497 e. The predicted octanol–water partition coefficient (Wildman–Crippen LogP) is 3.09. The van der Waals surface area contributed by atoms with Crippen molar-refractivity contribution in [2.75, 3.05) is 14.2 Å². The van der Waals surface area contributed by atoms with Crippen LogP contribution in [0.1, 0.15) is 31.7 Å². The fourth-order valence-corrected chi connectivity index (χ4v) is 4.19. The van der Waals surface area contributed by atoms with Crippen molar-refractivity contribution in [1.29, 1.82) is 0 Å². The van der Waals surface area contributed by atoms with Gasteiger partial charge in [0.05, 0.1) is 19.6 Å². The van der Waals surface area contributed by atoms with Crippen LogP contribution in [0.2, 0.25) is 0 Å². The summed E-state index contributed by atoms with van der Waals surface area (Å²) in [7, 11) is 3.20. The number of allylic oxidation sites excluding steroid dienone is 1. The zero-order chi connectivity index (χ0) is 16.8. The maximum absolute atomic E-state index is 12.9. The van der Waals surface area contributed by atoms with Crippen LogP contribution in [-0.4, -0.2) is 25.8 Å². The largest absolute Gasteiger partial charge is 0.497 e. The van der Waals surface area contributed by atoms with E-state index < -0.39 is 10.8 Å². The first-order valence-corrected chi connectivity index (χ1v) is 7.86. The second-order valence-electron chi connectivity index (χ2n) is 6.69. The molecule has 2 aliphatic carbocycles. The number of methoxy groups -OCH3 is 2. The van der Waals surface area contributed by atoms with Crippen LogP contribution in [0.5, 0.6) is 11.5 Å². The Morgan fingerprint density at radius 1 is 1.22 bits per heavy atom. The lowest BCUT2D eigenvalue weighted by atomic mass is 9.59. The molecule has 2 saturated carbocycles. The monoisotopic (exact) mass is 314 g/mol.